The van der Waals surface area contributed by atoms with Crippen LogP contribution in [-0.2, 0) is 16.1 Å². The number of nitro groups is 1. The third-order valence-electron chi connectivity index (χ3n) is 3.39. The van der Waals surface area contributed by atoms with E-state index in [9.17, 15) is 24.8 Å². The van der Waals surface area contributed by atoms with E-state index in [-0.39, 0.29) is 12.1 Å². The van der Waals surface area contributed by atoms with E-state index in [1.807, 2.05) is 5.43 Å². The summed E-state index contributed by atoms with van der Waals surface area (Å²) in [6, 6.07) is 10.5. The minimum absolute atomic E-state index is 0.143. The number of nitrogens with one attached hydrogen (secondary N) is 2. The smallest absolute Gasteiger partial charge is 0.329 e. The van der Waals surface area contributed by atoms with E-state index in [1.54, 1.807) is 24.3 Å². The number of amides is 2. The van der Waals surface area contributed by atoms with Gasteiger partial charge in [0.05, 0.1) is 18.2 Å². The van der Waals surface area contributed by atoms with E-state index >= 15 is 0 Å². The Labute approximate surface area is 153 Å². The van der Waals surface area contributed by atoms with Crippen LogP contribution in [0.5, 0.6) is 11.5 Å². The first-order valence-corrected chi connectivity index (χ1v) is 7.62. The number of phenolic OH excluding ortho intramolecular Hbond substituents is 1. The molecule has 0 bridgehead atoms. The third kappa shape index (κ3) is 5.53. The van der Waals surface area contributed by atoms with Crippen LogP contribution in [0.4, 0.5) is 5.69 Å². The van der Waals surface area contributed by atoms with Crippen LogP contribution in [0.15, 0.2) is 47.6 Å². The highest BCUT2D eigenvalue weighted by molar-refractivity contribution is 6.35. The molecule has 2 amide bonds. The van der Waals surface area contributed by atoms with Gasteiger partial charge in [-0.3, -0.25) is 19.7 Å². The Morgan fingerprint density at radius 1 is 1.22 bits per heavy atom. The fourth-order valence-electron chi connectivity index (χ4n) is 1.99. The molecule has 0 atom stereocenters. The van der Waals surface area contributed by atoms with Crippen LogP contribution < -0.4 is 15.5 Å². The number of nitrogens with zero attached hydrogens (tertiary/aromatic N) is 2. The topological polar surface area (TPSA) is 143 Å². The predicted molar refractivity (Wildman–Crippen MR) is 95.3 cm³/mol. The molecular weight excluding hydrogens is 356 g/mol. The molecule has 10 heteroatoms. The van der Waals surface area contributed by atoms with Crippen molar-refractivity contribution in [2.45, 2.75) is 6.54 Å². The maximum Gasteiger partial charge on any atom is 0.329 e. The first kappa shape index (κ1) is 19.4. The van der Waals surface area contributed by atoms with E-state index < -0.39 is 28.2 Å². The number of hydrazone groups is 1. The van der Waals surface area contributed by atoms with Crippen molar-refractivity contribution in [1.82, 2.24) is 10.7 Å². The summed E-state index contributed by atoms with van der Waals surface area (Å²) in [5.41, 5.74) is 2.55. The van der Waals surface area contributed by atoms with Crippen LogP contribution in [0.1, 0.15) is 11.1 Å². The summed E-state index contributed by atoms with van der Waals surface area (Å²) in [5, 5.41) is 26.1. The van der Waals surface area contributed by atoms with Gasteiger partial charge in [-0.25, -0.2) is 5.43 Å². The van der Waals surface area contributed by atoms with Gasteiger partial charge in [0.1, 0.15) is 5.75 Å². The van der Waals surface area contributed by atoms with Crippen molar-refractivity contribution in [3.8, 4) is 11.5 Å². The van der Waals surface area contributed by atoms with Crippen molar-refractivity contribution in [2.24, 2.45) is 5.10 Å². The SMILES string of the molecule is COc1ccc(CNC(=O)C(=O)N/N=C\c2ccc(O)c([N+](=O)[O-])c2)cc1. The predicted octanol–water partition coefficient (Wildman–Crippen LogP) is 1.08. The lowest BCUT2D eigenvalue weighted by Gasteiger charge is -2.05. The van der Waals surface area contributed by atoms with Crippen molar-refractivity contribution in [3.05, 3.63) is 63.7 Å². The number of ether oxygens (including phenoxy) is 1. The molecular formula is C17H16N4O6. The fraction of sp³-hybridized carbons (Fsp3) is 0.118. The monoisotopic (exact) mass is 372 g/mol. The number of hydrogen-bond donors (Lipinski definition) is 3. The van der Waals surface area contributed by atoms with Crippen LogP contribution in [0.2, 0.25) is 0 Å². The van der Waals surface area contributed by atoms with Crippen LogP contribution in [-0.4, -0.2) is 35.2 Å². The van der Waals surface area contributed by atoms with Gasteiger partial charge in [0.2, 0.25) is 0 Å². The molecule has 2 aromatic carbocycles. The summed E-state index contributed by atoms with van der Waals surface area (Å²) >= 11 is 0. The van der Waals surface area contributed by atoms with Crippen molar-refractivity contribution < 1.29 is 24.4 Å². The van der Waals surface area contributed by atoms with Gasteiger partial charge in [-0.1, -0.05) is 12.1 Å². The molecule has 140 valence electrons. The molecule has 0 spiro atoms. The average molecular weight is 372 g/mol. The van der Waals surface area contributed by atoms with E-state index in [2.05, 4.69) is 10.4 Å². The molecule has 3 N–H and O–H groups in total. The first-order chi connectivity index (χ1) is 12.9. The molecule has 2 rings (SSSR count). The van der Waals surface area contributed by atoms with Crippen LogP contribution in [0.3, 0.4) is 0 Å². The summed E-state index contributed by atoms with van der Waals surface area (Å²) in [6.45, 7) is 0.143. The van der Waals surface area contributed by atoms with Gasteiger partial charge in [-0.15, -0.1) is 0 Å². The number of nitro benzene ring substituents is 1. The molecule has 0 saturated heterocycles. The maximum absolute atomic E-state index is 11.7. The Bertz CT molecular complexity index is 879. The van der Waals surface area contributed by atoms with Gasteiger partial charge < -0.3 is 15.2 Å². The molecule has 0 heterocycles. The zero-order valence-electron chi connectivity index (χ0n) is 14.2. The molecule has 0 aliphatic heterocycles. The molecule has 0 saturated carbocycles. The lowest BCUT2D eigenvalue weighted by molar-refractivity contribution is -0.385. The van der Waals surface area contributed by atoms with Gasteiger partial charge in [-0.2, -0.15) is 5.10 Å². The van der Waals surface area contributed by atoms with Gasteiger partial charge >= 0.3 is 17.5 Å². The number of carbonyl (C=O) groups excluding carboxylic acids is 2. The van der Waals surface area contributed by atoms with Crippen molar-refractivity contribution in [1.29, 1.82) is 0 Å². The summed E-state index contributed by atoms with van der Waals surface area (Å²) in [4.78, 5) is 33.4. The van der Waals surface area contributed by atoms with Crippen molar-refractivity contribution in [3.63, 3.8) is 0 Å². The highest BCUT2D eigenvalue weighted by Gasteiger charge is 2.14. The Kier molecular flexibility index (Phi) is 6.42. The Hall–Kier alpha value is -3.95. The number of methoxy groups -OCH3 is 1. The lowest BCUT2D eigenvalue weighted by Crippen LogP contribution is -2.37. The van der Waals surface area contributed by atoms with Gasteiger partial charge in [0.25, 0.3) is 0 Å². The largest absolute Gasteiger partial charge is 0.502 e. The van der Waals surface area contributed by atoms with Gasteiger partial charge in [0, 0.05) is 18.2 Å². The molecule has 0 aliphatic carbocycles. The number of benzene rings is 2. The minimum atomic E-state index is -0.993. The van der Waals surface area contributed by atoms with Crippen molar-refractivity contribution >= 4 is 23.7 Å². The Morgan fingerprint density at radius 2 is 1.93 bits per heavy atom. The molecule has 0 radical (unpaired) electrons. The number of carbonyl (C=O) groups is 2. The summed E-state index contributed by atoms with van der Waals surface area (Å²) in [5.74, 6) is -1.70. The molecule has 0 fully saturated rings. The summed E-state index contributed by atoms with van der Waals surface area (Å²) in [7, 11) is 1.54. The molecule has 0 unspecified atom stereocenters. The summed E-state index contributed by atoms with van der Waals surface area (Å²) in [6.07, 6.45) is 1.11. The third-order valence-corrected chi connectivity index (χ3v) is 3.39. The molecule has 0 aliphatic rings. The Balaban J connectivity index is 1.87. The maximum atomic E-state index is 11.7. The fourth-order valence-corrected chi connectivity index (χ4v) is 1.99. The average Bonchev–Trinajstić information content (AvgIpc) is 2.67. The molecule has 10 nitrogen and oxygen atoms in total. The molecule has 2 aromatic rings. The normalized spacial score (nSPS) is 10.4. The molecule has 0 aromatic heterocycles. The first-order valence-electron chi connectivity index (χ1n) is 7.62. The number of hydrogen-bond acceptors (Lipinski definition) is 7. The van der Waals surface area contributed by atoms with E-state index in [4.69, 9.17) is 4.74 Å². The summed E-state index contributed by atoms with van der Waals surface area (Å²) < 4.78 is 5.02. The van der Waals surface area contributed by atoms with Crippen LogP contribution in [0, 0.1) is 10.1 Å². The quantitative estimate of drug-likeness (QED) is 0.300. The number of rotatable bonds is 6. The highest BCUT2D eigenvalue weighted by Crippen LogP contribution is 2.25. The molecule has 27 heavy (non-hydrogen) atoms. The van der Waals surface area contributed by atoms with Crippen molar-refractivity contribution in [2.75, 3.05) is 7.11 Å². The standard InChI is InChI=1S/C17H16N4O6/c1-27-13-5-2-11(3-6-13)9-18-16(23)17(24)20-19-10-12-4-7-15(22)14(8-12)21(25)26/h2-8,10,22H,9H2,1H3,(H,18,23)(H,20,24)/b19-10-. The minimum Gasteiger partial charge on any atom is -0.502 e. The van der Waals surface area contributed by atoms with Crippen LogP contribution >= 0.6 is 0 Å². The van der Waals surface area contributed by atoms with E-state index in [1.165, 1.54) is 13.2 Å². The van der Waals surface area contributed by atoms with E-state index in [0.717, 1.165) is 23.9 Å². The van der Waals surface area contributed by atoms with Crippen LogP contribution in [0.25, 0.3) is 0 Å². The second-order valence-electron chi connectivity index (χ2n) is 5.24. The van der Waals surface area contributed by atoms with Gasteiger partial charge in [-0.05, 0) is 29.8 Å². The Morgan fingerprint density at radius 3 is 2.56 bits per heavy atom. The number of phenols is 1. The zero-order valence-corrected chi connectivity index (χ0v) is 14.2. The van der Waals surface area contributed by atoms with E-state index in [0.29, 0.717) is 5.75 Å². The van der Waals surface area contributed by atoms with Gasteiger partial charge in [0.15, 0.2) is 5.75 Å². The lowest BCUT2D eigenvalue weighted by atomic mass is 10.2. The second-order valence-corrected chi connectivity index (χ2v) is 5.24. The highest BCUT2D eigenvalue weighted by atomic mass is 16.6. The number of aromatic hydroxyl groups is 1. The second kappa shape index (κ2) is 8.94. The zero-order chi connectivity index (χ0) is 19.8.